The zero-order valence-corrected chi connectivity index (χ0v) is 16.9. The molecule has 0 aliphatic heterocycles. The van der Waals surface area contributed by atoms with Crippen molar-refractivity contribution in [2.24, 2.45) is 0 Å². The van der Waals surface area contributed by atoms with Gasteiger partial charge in [0.2, 0.25) is 17.7 Å². The molecule has 0 atom stereocenters. The zero-order chi connectivity index (χ0) is 21.7. The summed E-state index contributed by atoms with van der Waals surface area (Å²) in [5, 5.41) is 2.91. The minimum absolute atomic E-state index is 0.117. The zero-order valence-electron chi connectivity index (χ0n) is 16.0. The second-order valence-corrected chi connectivity index (χ2v) is 7.75. The molecule has 0 saturated carbocycles. The SMILES string of the molecule is O=S(=O)(O)c1cccc(Nc2nc(Oc3ccccc3)cc(Oc3ccccc3)n2)c1. The number of aromatic nitrogens is 2. The van der Waals surface area contributed by atoms with Crippen LogP contribution in [-0.2, 0) is 10.1 Å². The van der Waals surface area contributed by atoms with Crippen molar-refractivity contribution >= 4 is 21.8 Å². The number of ether oxygens (including phenoxy) is 2. The number of benzene rings is 3. The summed E-state index contributed by atoms with van der Waals surface area (Å²) in [5.41, 5.74) is 0.359. The normalized spacial score (nSPS) is 11.0. The summed E-state index contributed by atoms with van der Waals surface area (Å²) in [6.45, 7) is 0. The van der Waals surface area contributed by atoms with Gasteiger partial charge in [0.15, 0.2) is 0 Å². The Bertz CT molecular complexity index is 1220. The molecule has 0 spiro atoms. The molecule has 31 heavy (non-hydrogen) atoms. The van der Waals surface area contributed by atoms with Gasteiger partial charge in [0.05, 0.1) is 11.0 Å². The van der Waals surface area contributed by atoms with E-state index in [0.717, 1.165) is 0 Å². The van der Waals surface area contributed by atoms with Gasteiger partial charge < -0.3 is 14.8 Å². The highest BCUT2D eigenvalue weighted by Gasteiger charge is 2.12. The highest BCUT2D eigenvalue weighted by molar-refractivity contribution is 7.85. The fraction of sp³-hybridized carbons (Fsp3) is 0. The van der Waals surface area contributed by atoms with E-state index in [1.54, 1.807) is 36.4 Å². The van der Waals surface area contributed by atoms with Gasteiger partial charge in [-0.2, -0.15) is 18.4 Å². The summed E-state index contributed by atoms with van der Waals surface area (Å²) in [5.74, 6) is 1.71. The predicted molar refractivity (Wildman–Crippen MR) is 115 cm³/mol. The maximum absolute atomic E-state index is 11.4. The summed E-state index contributed by atoms with van der Waals surface area (Å²) < 4.78 is 43.7. The van der Waals surface area contributed by atoms with Crippen LogP contribution in [0.2, 0.25) is 0 Å². The fourth-order valence-electron chi connectivity index (χ4n) is 2.65. The lowest BCUT2D eigenvalue weighted by Crippen LogP contribution is -2.02. The molecule has 4 aromatic rings. The van der Waals surface area contributed by atoms with Crippen molar-refractivity contribution in [2.45, 2.75) is 4.90 Å². The lowest BCUT2D eigenvalue weighted by atomic mass is 10.3. The molecule has 156 valence electrons. The largest absolute Gasteiger partial charge is 0.439 e. The molecular formula is C22H17N3O5S. The van der Waals surface area contributed by atoms with Crippen LogP contribution in [0.3, 0.4) is 0 Å². The molecule has 1 aromatic heterocycles. The van der Waals surface area contributed by atoms with Gasteiger partial charge in [-0.1, -0.05) is 42.5 Å². The second-order valence-electron chi connectivity index (χ2n) is 6.33. The number of anilines is 2. The number of nitrogens with zero attached hydrogens (tertiary/aromatic N) is 2. The summed E-state index contributed by atoms with van der Waals surface area (Å²) >= 11 is 0. The van der Waals surface area contributed by atoms with Crippen LogP contribution in [0.1, 0.15) is 0 Å². The van der Waals surface area contributed by atoms with E-state index in [-0.39, 0.29) is 22.6 Å². The van der Waals surface area contributed by atoms with Crippen LogP contribution in [0, 0.1) is 0 Å². The monoisotopic (exact) mass is 435 g/mol. The Labute approximate surface area is 178 Å². The minimum Gasteiger partial charge on any atom is -0.439 e. The maximum Gasteiger partial charge on any atom is 0.294 e. The molecule has 0 radical (unpaired) electrons. The Morgan fingerprint density at radius 3 is 1.77 bits per heavy atom. The quantitative estimate of drug-likeness (QED) is 0.388. The third-order valence-corrected chi connectivity index (χ3v) is 4.85. The Hall–Kier alpha value is -3.95. The van der Waals surface area contributed by atoms with Crippen molar-refractivity contribution in [3.05, 3.63) is 91.0 Å². The van der Waals surface area contributed by atoms with Crippen molar-refractivity contribution in [1.82, 2.24) is 9.97 Å². The number of hydrogen-bond donors (Lipinski definition) is 2. The number of hydrogen-bond acceptors (Lipinski definition) is 7. The van der Waals surface area contributed by atoms with Gasteiger partial charge in [-0.3, -0.25) is 4.55 Å². The van der Waals surface area contributed by atoms with E-state index in [2.05, 4.69) is 15.3 Å². The van der Waals surface area contributed by atoms with Gasteiger partial charge in [0.1, 0.15) is 11.5 Å². The molecule has 0 saturated heterocycles. The fourth-order valence-corrected chi connectivity index (χ4v) is 3.17. The van der Waals surface area contributed by atoms with Crippen LogP contribution in [-0.4, -0.2) is 22.9 Å². The van der Waals surface area contributed by atoms with Crippen molar-refractivity contribution in [3.63, 3.8) is 0 Å². The highest BCUT2D eigenvalue weighted by atomic mass is 32.2. The Kier molecular flexibility index (Phi) is 5.78. The Morgan fingerprint density at radius 1 is 0.710 bits per heavy atom. The van der Waals surface area contributed by atoms with Crippen LogP contribution in [0.15, 0.2) is 95.9 Å². The lowest BCUT2D eigenvalue weighted by Gasteiger charge is -2.11. The molecule has 1 heterocycles. The summed E-state index contributed by atoms with van der Waals surface area (Å²) in [7, 11) is -4.35. The van der Waals surface area contributed by atoms with Gasteiger partial charge in [0, 0.05) is 5.69 Å². The van der Waals surface area contributed by atoms with Gasteiger partial charge in [-0.15, -0.1) is 0 Å². The maximum atomic E-state index is 11.4. The summed E-state index contributed by atoms with van der Waals surface area (Å²) in [4.78, 5) is 8.39. The second kappa shape index (κ2) is 8.82. The molecule has 4 rings (SSSR count). The predicted octanol–water partition coefficient (Wildman–Crippen LogP) is 5.05. The first-order chi connectivity index (χ1) is 15.0. The van der Waals surface area contributed by atoms with Gasteiger partial charge in [-0.05, 0) is 42.5 Å². The minimum atomic E-state index is -4.35. The van der Waals surface area contributed by atoms with E-state index < -0.39 is 10.1 Å². The average molecular weight is 435 g/mol. The summed E-state index contributed by atoms with van der Waals surface area (Å²) in [6, 6.07) is 25.4. The Morgan fingerprint density at radius 2 is 1.26 bits per heavy atom. The van der Waals surface area contributed by atoms with Crippen molar-refractivity contribution in [2.75, 3.05) is 5.32 Å². The van der Waals surface area contributed by atoms with Crippen molar-refractivity contribution < 1.29 is 22.4 Å². The van der Waals surface area contributed by atoms with Crippen molar-refractivity contribution in [3.8, 4) is 23.3 Å². The first kappa shape index (κ1) is 20.3. The third-order valence-electron chi connectivity index (χ3n) is 4.00. The first-order valence-electron chi connectivity index (χ1n) is 9.15. The third kappa shape index (κ3) is 5.56. The molecule has 0 amide bonds. The number of nitrogens with one attached hydrogen (secondary N) is 1. The Balaban J connectivity index is 1.67. The molecule has 0 aliphatic carbocycles. The van der Waals surface area contributed by atoms with E-state index in [4.69, 9.17) is 9.47 Å². The highest BCUT2D eigenvalue weighted by Crippen LogP contribution is 2.28. The van der Waals surface area contributed by atoms with E-state index in [1.165, 1.54) is 18.2 Å². The van der Waals surface area contributed by atoms with E-state index in [1.807, 2.05) is 36.4 Å². The molecule has 2 N–H and O–H groups in total. The number of rotatable bonds is 7. The molecule has 0 unspecified atom stereocenters. The topological polar surface area (TPSA) is 111 Å². The van der Waals surface area contributed by atoms with Gasteiger partial charge >= 0.3 is 0 Å². The van der Waals surface area contributed by atoms with Crippen LogP contribution < -0.4 is 14.8 Å². The lowest BCUT2D eigenvalue weighted by molar-refractivity contribution is 0.435. The van der Waals surface area contributed by atoms with Crippen molar-refractivity contribution in [1.29, 1.82) is 0 Å². The molecule has 8 nitrogen and oxygen atoms in total. The smallest absolute Gasteiger partial charge is 0.294 e. The van der Waals surface area contributed by atoms with E-state index in [9.17, 15) is 13.0 Å². The van der Waals surface area contributed by atoms with Crippen LogP contribution in [0.4, 0.5) is 11.6 Å². The standard InChI is InChI=1S/C22H17N3O5S/c26-31(27,28)19-13-7-8-16(14-19)23-22-24-20(29-17-9-3-1-4-10-17)15-21(25-22)30-18-11-5-2-6-12-18/h1-15H,(H,23,24,25)(H,26,27,28). The van der Waals surface area contributed by atoms with Crippen LogP contribution >= 0.6 is 0 Å². The first-order valence-corrected chi connectivity index (χ1v) is 10.6. The molecular weight excluding hydrogens is 418 g/mol. The van der Waals surface area contributed by atoms with Gasteiger partial charge in [-0.25, -0.2) is 0 Å². The number of para-hydroxylation sites is 2. The molecule has 3 aromatic carbocycles. The van der Waals surface area contributed by atoms with Crippen LogP contribution in [0.25, 0.3) is 0 Å². The molecule has 0 bridgehead atoms. The van der Waals surface area contributed by atoms with Crippen LogP contribution in [0.5, 0.6) is 23.3 Å². The van der Waals surface area contributed by atoms with E-state index >= 15 is 0 Å². The molecule has 0 aliphatic rings. The molecule has 9 heteroatoms. The summed E-state index contributed by atoms with van der Waals surface area (Å²) in [6.07, 6.45) is 0. The van der Waals surface area contributed by atoms with E-state index in [0.29, 0.717) is 17.2 Å². The average Bonchev–Trinajstić information content (AvgIpc) is 2.75. The molecule has 0 fully saturated rings. The van der Waals surface area contributed by atoms with Gasteiger partial charge in [0.25, 0.3) is 10.1 Å².